The van der Waals surface area contributed by atoms with E-state index in [4.69, 9.17) is 4.74 Å². The largest absolute Gasteiger partial charge is 0.493 e. The minimum atomic E-state index is -0.382. The van der Waals surface area contributed by atoms with Crippen LogP contribution in [0.3, 0.4) is 0 Å². The van der Waals surface area contributed by atoms with Gasteiger partial charge in [0.2, 0.25) is 0 Å². The fourth-order valence-corrected chi connectivity index (χ4v) is 2.66. The molecule has 3 nitrogen and oxygen atoms in total. The molecule has 18 heavy (non-hydrogen) atoms. The van der Waals surface area contributed by atoms with E-state index in [2.05, 4.69) is 12.2 Å². The molecule has 0 radical (unpaired) electrons. The molecular formula is C15H21NO2. The Hall–Kier alpha value is -1.35. The second kappa shape index (κ2) is 5.53. The van der Waals surface area contributed by atoms with E-state index in [1.807, 2.05) is 31.2 Å². The monoisotopic (exact) mass is 247 g/mol. The molecule has 1 aromatic carbocycles. The number of ketones is 1. The Kier molecular flexibility index (Phi) is 4.02. The molecule has 1 aliphatic heterocycles. The van der Waals surface area contributed by atoms with Crippen LogP contribution in [0.1, 0.15) is 43.5 Å². The molecule has 2 rings (SSSR count). The van der Waals surface area contributed by atoms with Gasteiger partial charge in [-0.05, 0) is 44.9 Å². The van der Waals surface area contributed by atoms with Crippen LogP contribution >= 0.6 is 0 Å². The summed E-state index contributed by atoms with van der Waals surface area (Å²) in [7, 11) is 0. The highest BCUT2D eigenvalue weighted by molar-refractivity contribution is 6.05. The third kappa shape index (κ3) is 2.27. The standard InChI is InChI=1S/C15H21NO2/c1-3-15(10-7-11-16-15)14(17)12-8-5-6-9-13(12)18-4-2/h5-6,8-9,16H,3-4,7,10-11H2,1-2H3. The van der Waals surface area contributed by atoms with Gasteiger partial charge in [-0.25, -0.2) is 0 Å². The van der Waals surface area contributed by atoms with Gasteiger partial charge in [0.05, 0.1) is 17.7 Å². The van der Waals surface area contributed by atoms with Gasteiger partial charge in [-0.15, -0.1) is 0 Å². The van der Waals surface area contributed by atoms with Crippen molar-refractivity contribution in [2.24, 2.45) is 0 Å². The van der Waals surface area contributed by atoms with Crippen LogP contribution in [0.5, 0.6) is 5.75 Å². The van der Waals surface area contributed by atoms with Crippen molar-refractivity contribution in [1.29, 1.82) is 0 Å². The van der Waals surface area contributed by atoms with E-state index in [1.165, 1.54) is 0 Å². The summed E-state index contributed by atoms with van der Waals surface area (Å²) >= 11 is 0. The lowest BCUT2D eigenvalue weighted by Crippen LogP contribution is -2.47. The number of nitrogens with one attached hydrogen (secondary N) is 1. The lowest BCUT2D eigenvalue weighted by Gasteiger charge is -2.27. The van der Waals surface area contributed by atoms with Crippen LogP contribution in [-0.2, 0) is 0 Å². The summed E-state index contributed by atoms with van der Waals surface area (Å²) in [5.74, 6) is 0.873. The van der Waals surface area contributed by atoms with Crippen LogP contribution in [0.25, 0.3) is 0 Å². The van der Waals surface area contributed by atoms with Crippen molar-refractivity contribution in [1.82, 2.24) is 5.32 Å². The SMILES string of the molecule is CCOc1ccccc1C(=O)C1(CC)CCCN1. The van der Waals surface area contributed by atoms with Crippen LogP contribution in [0.2, 0.25) is 0 Å². The zero-order chi connectivity index (χ0) is 13.0. The summed E-state index contributed by atoms with van der Waals surface area (Å²) < 4.78 is 5.56. The maximum Gasteiger partial charge on any atom is 0.186 e. The molecule has 1 N–H and O–H groups in total. The Bertz CT molecular complexity index is 422. The number of Topliss-reactive ketones (excluding diaryl/α,β-unsaturated/α-hetero) is 1. The second-order valence-corrected chi connectivity index (χ2v) is 4.72. The van der Waals surface area contributed by atoms with E-state index in [0.717, 1.165) is 25.8 Å². The van der Waals surface area contributed by atoms with Crippen LogP contribution in [0, 0.1) is 0 Å². The normalized spacial score (nSPS) is 23.0. The number of ether oxygens (including phenoxy) is 1. The van der Waals surface area contributed by atoms with E-state index in [9.17, 15) is 4.79 Å². The van der Waals surface area contributed by atoms with Gasteiger partial charge in [0.25, 0.3) is 0 Å². The fourth-order valence-electron chi connectivity index (χ4n) is 2.66. The minimum absolute atomic E-state index is 0.173. The Balaban J connectivity index is 2.33. The number of hydrogen-bond acceptors (Lipinski definition) is 3. The first-order valence-corrected chi connectivity index (χ1v) is 6.75. The van der Waals surface area contributed by atoms with Crippen molar-refractivity contribution in [3.8, 4) is 5.75 Å². The molecule has 0 saturated carbocycles. The molecule has 1 heterocycles. The van der Waals surface area contributed by atoms with Crippen LogP contribution < -0.4 is 10.1 Å². The van der Waals surface area contributed by atoms with Crippen molar-refractivity contribution in [3.63, 3.8) is 0 Å². The molecule has 0 aromatic heterocycles. The molecule has 0 bridgehead atoms. The quantitative estimate of drug-likeness (QED) is 0.813. The topological polar surface area (TPSA) is 38.3 Å². The van der Waals surface area contributed by atoms with Crippen molar-refractivity contribution in [2.45, 2.75) is 38.6 Å². The Morgan fingerprint density at radius 3 is 2.78 bits per heavy atom. The number of benzene rings is 1. The number of para-hydroxylation sites is 1. The summed E-state index contributed by atoms with van der Waals surface area (Å²) in [6.45, 7) is 5.51. The average molecular weight is 247 g/mol. The number of carbonyl (C=O) groups excluding carboxylic acids is 1. The van der Waals surface area contributed by atoms with Crippen LogP contribution in [0.15, 0.2) is 24.3 Å². The first-order valence-electron chi connectivity index (χ1n) is 6.75. The van der Waals surface area contributed by atoms with Crippen LogP contribution in [-0.4, -0.2) is 24.5 Å². The van der Waals surface area contributed by atoms with Gasteiger partial charge in [0, 0.05) is 0 Å². The molecule has 1 saturated heterocycles. The second-order valence-electron chi connectivity index (χ2n) is 4.72. The molecule has 1 atom stereocenters. The minimum Gasteiger partial charge on any atom is -0.493 e. The van der Waals surface area contributed by atoms with Gasteiger partial charge in [-0.1, -0.05) is 19.1 Å². The molecular weight excluding hydrogens is 226 g/mol. The zero-order valence-corrected chi connectivity index (χ0v) is 11.2. The summed E-state index contributed by atoms with van der Waals surface area (Å²) in [6, 6.07) is 7.54. The highest BCUT2D eigenvalue weighted by Gasteiger charge is 2.40. The van der Waals surface area contributed by atoms with Gasteiger partial charge in [-0.3, -0.25) is 4.79 Å². The van der Waals surface area contributed by atoms with E-state index in [0.29, 0.717) is 17.9 Å². The van der Waals surface area contributed by atoms with Gasteiger partial charge >= 0.3 is 0 Å². The third-order valence-corrected chi connectivity index (χ3v) is 3.71. The summed E-state index contributed by atoms with van der Waals surface area (Å²) in [6.07, 6.45) is 2.81. The van der Waals surface area contributed by atoms with Crippen molar-refractivity contribution in [3.05, 3.63) is 29.8 Å². The van der Waals surface area contributed by atoms with E-state index in [-0.39, 0.29) is 11.3 Å². The zero-order valence-electron chi connectivity index (χ0n) is 11.2. The number of carbonyl (C=O) groups is 1. The van der Waals surface area contributed by atoms with Gasteiger partial charge in [0.15, 0.2) is 5.78 Å². The van der Waals surface area contributed by atoms with Gasteiger partial charge < -0.3 is 10.1 Å². The van der Waals surface area contributed by atoms with Crippen molar-refractivity contribution >= 4 is 5.78 Å². The fraction of sp³-hybridized carbons (Fsp3) is 0.533. The number of rotatable bonds is 5. The molecule has 0 aliphatic carbocycles. The first-order chi connectivity index (χ1) is 8.73. The Morgan fingerprint density at radius 2 is 2.17 bits per heavy atom. The molecule has 1 fully saturated rings. The predicted octanol–water partition coefficient (Wildman–Crippen LogP) is 2.80. The highest BCUT2D eigenvalue weighted by Crippen LogP contribution is 2.30. The van der Waals surface area contributed by atoms with Gasteiger partial charge in [-0.2, -0.15) is 0 Å². The summed E-state index contributed by atoms with van der Waals surface area (Å²) in [5, 5.41) is 3.38. The predicted molar refractivity (Wildman–Crippen MR) is 72.2 cm³/mol. The lowest BCUT2D eigenvalue weighted by molar-refractivity contribution is 0.0860. The average Bonchev–Trinajstić information content (AvgIpc) is 2.89. The van der Waals surface area contributed by atoms with Gasteiger partial charge in [0.1, 0.15) is 5.75 Å². The van der Waals surface area contributed by atoms with E-state index in [1.54, 1.807) is 0 Å². The highest BCUT2D eigenvalue weighted by atomic mass is 16.5. The molecule has 1 aromatic rings. The number of hydrogen-bond donors (Lipinski definition) is 1. The smallest absolute Gasteiger partial charge is 0.186 e. The van der Waals surface area contributed by atoms with E-state index >= 15 is 0 Å². The molecule has 1 aliphatic rings. The van der Waals surface area contributed by atoms with E-state index < -0.39 is 0 Å². The summed E-state index contributed by atoms with van der Waals surface area (Å²) in [4.78, 5) is 12.8. The maximum atomic E-state index is 12.8. The Morgan fingerprint density at radius 1 is 1.39 bits per heavy atom. The van der Waals surface area contributed by atoms with Crippen LogP contribution in [0.4, 0.5) is 0 Å². The molecule has 98 valence electrons. The third-order valence-electron chi connectivity index (χ3n) is 3.71. The lowest BCUT2D eigenvalue weighted by atomic mass is 9.85. The first kappa shape index (κ1) is 13.1. The summed E-state index contributed by atoms with van der Waals surface area (Å²) in [5.41, 5.74) is 0.323. The molecule has 0 spiro atoms. The Labute approximate surface area is 109 Å². The van der Waals surface area contributed by atoms with Crippen molar-refractivity contribution < 1.29 is 9.53 Å². The molecule has 0 amide bonds. The van der Waals surface area contributed by atoms with Crippen molar-refractivity contribution in [2.75, 3.05) is 13.2 Å². The molecule has 1 unspecified atom stereocenters. The maximum absolute atomic E-state index is 12.8. The molecule has 3 heteroatoms.